The van der Waals surface area contributed by atoms with Gasteiger partial charge in [-0.3, -0.25) is 9.59 Å². The van der Waals surface area contributed by atoms with Gasteiger partial charge in [-0.15, -0.1) is 0 Å². The van der Waals surface area contributed by atoms with Crippen LogP contribution in [0.5, 0.6) is 0 Å². The van der Waals surface area contributed by atoms with Crippen molar-refractivity contribution < 1.29 is 19.4 Å². The number of nitrogens with zero attached hydrogens (tertiary/aromatic N) is 2. The fourth-order valence-electron chi connectivity index (χ4n) is 6.35. The van der Waals surface area contributed by atoms with Gasteiger partial charge in [-0.2, -0.15) is 0 Å². The van der Waals surface area contributed by atoms with Crippen LogP contribution in [0.15, 0.2) is 140 Å². The second-order valence-electron chi connectivity index (χ2n) is 11.9. The fourth-order valence-corrected chi connectivity index (χ4v) is 6.35. The van der Waals surface area contributed by atoms with E-state index in [1.165, 1.54) is 0 Å². The monoisotopic (exact) mass is 623 g/mol. The number of esters is 1. The molecule has 0 aliphatic rings. The van der Waals surface area contributed by atoms with E-state index in [1.807, 2.05) is 83.6 Å². The Hall–Kier alpha value is -5.53. The van der Waals surface area contributed by atoms with Crippen LogP contribution in [0.25, 0.3) is 10.8 Å². The Balaban J connectivity index is 1.56. The highest BCUT2D eigenvalue weighted by atomic mass is 16.5. The van der Waals surface area contributed by atoms with Crippen LogP contribution < -0.4 is 5.32 Å². The summed E-state index contributed by atoms with van der Waals surface area (Å²) in [6.45, 7) is 3.55. The summed E-state index contributed by atoms with van der Waals surface area (Å²) in [7, 11) is 1.59. The Labute approximate surface area is 274 Å². The number of hydrogen-bond donors (Lipinski definition) is 2. The molecule has 5 aromatic carbocycles. The lowest BCUT2D eigenvalue weighted by atomic mass is 9.76. The number of imidazole rings is 1. The summed E-state index contributed by atoms with van der Waals surface area (Å²) in [4.78, 5) is 30.3. The van der Waals surface area contributed by atoms with Crippen LogP contribution in [0.2, 0.25) is 0 Å². The van der Waals surface area contributed by atoms with Crippen LogP contribution in [-0.4, -0.2) is 39.7 Å². The quantitative estimate of drug-likeness (QED) is 0.129. The van der Waals surface area contributed by atoms with Crippen molar-refractivity contribution in [3.05, 3.63) is 173 Å². The average molecular weight is 624 g/mol. The minimum absolute atomic E-state index is 0.187. The molecule has 1 aromatic heterocycles. The number of fused-ring (bicyclic) bond motifs is 1. The van der Waals surface area contributed by atoms with Crippen LogP contribution in [-0.2, 0) is 20.7 Å². The number of rotatable bonds is 10. The molecule has 47 heavy (non-hydrogen) atoms. The first kappa shape index (κ1) is 31.5. The second kappa shape index (κ2) is 13.1. The van der Waals surface area contributed by atoms with Gasteiger partial charge in [-0.25, -0.2) is 4.98 Å². The number of hydrogen-bond acceptors (Lipinski definition) is 5. The van der Waals surface area contributed by atoms with Crippen LogP contribution in [0, 0.1) is 0 Å². The number of carbonyl (C=O) groups excluding carboxylic acids is 2. The number of aliphatic hydroxyl groups is 1. The molecule has 1 amide bonds. The minimum Gasteiger partial charge on any atom is -0.463 e. The van der Waals surface area contributed by atoms with Crippen molar-refractivity contribution in [1.82, 2.24) is 14.9 Å². The molecule has 0 radical (unpaired) electrons. The summed E-state index contributed by atoms with van der Waals surface area (Å²) >= 11 is 0. The van der Waals surface area contributed by atoms with Gasteiger partial charge in [0.15, 0.2) is 0 Å². The third-order valence-electron chi connectivity index (χ3n) is 8.54. The fraction of sp³-hybridized carbons (Fsp3) is 0.175. The maximum absolute atomic E-state index is 13.2. The number of nitrogens with one attached hydrogen (secondary N) is 1. The van der Waals surface area contributed by atoms with E-state index in [9.17, 15) is 14.7 Å². The Morgan fingerprint density at radius 3 is 1.83 bits per heavy atom. The molecule has 0 saturated heterocycles. The first-order chi connectivity index (χ1) is 22.8. The largest absolute Gasteiger partial charge is 0.463 e. The molecule has 7 nitrogen and oxygen atoms in total. The lowest BCUT2D eigenvalue weighted by Crippen LogP contribution is -2.37. The molecule has 6 aromatic rings. The molecule has 0 spiro atoms. The molecule has 0 saturated carbocycles. The molecule has 7 heteroatoms. The van der Waals surface area contributed by atoms with Crippen molar-refractivity contribution in [2.24, 2.45) is 0 Å². The number of benzene rings is 5. The number of amides is 1. The third-order valence-corrected chi connectivity index (χ3v) is 8.54. The highest BCUT2D eigenvalue weighted by molar-refractivity contribution is 5.98. The smallest absolute Gasteiger partial charge is 0.309 e. The highest BCUT2D eigenvalue weighted by Crippen LogP contribution is 2.42. The zero-order valence-corrected chi connectivity index (χ0v) is 26.6. The SMILES string of the molecule is CNC(=O)c1ccc2cc([C@@](O)(CC(=O)OC(C)C)c3cn(C(c4ccccc4)(c4ccccc4)c4ccccc4)cn3)ccc2c1. The number of carbonyl (C=O) groups is 2. The topological polar surface area (TPSA) is 93.5 Å². The summed E-state index contributed by atoms with van der Waals surface area (Å²) in [6, 6.07) is 41.4. The van der Waals surface area contributed by atoms with Crippen molar-refractivity contribution >= 4 is 22.6 Å². The zero-order valence-electron chi connectivity index (χ0n) is 26.6. The second-order valence-corrected chi connectivity index (χ2v) is 11.9. The molecule has 2 N–H and O–H groups in total. The molecular weight excluding hydrogens is 586 g/mol. The number of ether oxygens (including phenoxy) is 1. The normalized spacial score (nSPS) is 12.9. The van der Waals surface area contributed by atoms with Crippen LogP contribution in [0.3, 0.4) is 0 Å². The first-order valence-corrected chi connectivity index (χ1v) is 15.7. The predicted molar refractivity (Wildman–Crippen MR) is 183 cm³/mol. The first-order valence-electron chi connectivity index (χ1n) is 15.7. The minimum atomic E-state index is -1.83. The van der Waals surface area contributed by atoms with Gasteiger partial charge in [-0.1, -0.05) is 109 Å². The molecule has 0 unspecified atom stereocenters. The third kappa shape index (κ3) is 5.93. The van der Waals surface area contributed by atoms with Gasteiger partial charge in [-0.05, 0) is 65.1 Å². The van der Waals surface area contributed by atoms with E-state index in [1.54, 1.807) is 45.4 Å². The van der Waals surface area contributed by atoms with Crippen molar-refractivity contribution in [3.8, 4) is 0 Å². The highest BCUT2D eigenvalue weighted by Gasteiger charge is 2.42. The van der Waals surface area contributed by atoms with E-state index < -0.39 is 17.1 Å². The summed E-state index contributed by atoms with van der Waals surface area (Å²) in [5.74, 6) is -0.735. The summed E-state index contributed by atoms with van der Waals surface area (Å²) in [5.41, 5.74) is 1.63. The molecule has 1 heterocycles. The molecular formula is C40H37N3O4. The lowest BCUT2D eigenvalue weighted by Gasteiger charge is -2.37. The summed E-state index contributed by atoms with van der Waals surface area (Å²) < 4.78 is 7.55. The van der Waals surface area contributed by atoms with Crippen molar-refractivity contribution in [2.45, 2.75) is 37.5 Å². The molecule has 236 valence electrons. The average Bonchev–Trinajstić information content (AvgIpc) is 3.60. The van der Waals surface area contributed by atoms with E-state index >= 15 is 0 Å². The van der Waals surface area contributed by atoms with E-state index in [0.717, 1.165) is 27.5 Å². The summed E-state index contributed by atoms with van der Waals surface area (Å²) in [6.07, 6.45) is 2.84. The molecule has 0 aliphatic heterocycles. The predicted octanol–water partition coefficient (Wildman–Crippen LogP) is 6.81. The van der Waals surface area contributed by atoms with Gasteiger partial charge in [0.25, 0.3) is 5.91 Å². The Morgan fingerprint density at radius 2 is 1.30 bits per heavy atom. The standard InChI is InChI=1S/C40H37N3O4/c1-28(2)47-37(44)25-39(46,35-22-21-29-23-31(38(45)41-3)20-19-30(29)24-35)36-26-43(27-42-36)40(32-13-7-4-8-14-32,33-15-9-5-10-16-33)34-17-11-6-12-18-34/h4-24,26-28,46H,25H2,1-3H3,(H,41,45)/t39-/m0/s1. The zero-order chi connectivity index (χ0) is 33.0. The van der Waals surface area contributed by atoms with Crippen LogP contribution in [0.1, 0.15) is 58.6 Å². The van der Waals surface area contributed by atoms with Gasteiger partial charge in [0, 0.05) is 18.8 Å². The van der Waals surface area contributed by atoms with Crippen molar-refractivity contribution in [3.63, 3.8) is 0 Å². The van der Waals surface area contributed by atoms with E-state index in [-0.39, 0.29) is 18.4 Å². The van der Waals surface area contributed by atoms with Crippen LogP contribution in [0.4, 0.5) is 0 Å². The lowest BCUT2D eigenvalue weighted by molar-refractivity contribution is -0.152. The molecule has 0 fully saturated rings. The van der Waals surface area contributed by atoms with Crippen molar-refractivity contribution in [1.29, 1.82) is 0 Å². The van der Waals surface area contributed by atoms with E-state index in [0.29, 0.717) is 16.8 Å². The van der Waals surface area contributed by atoms with Crippen LogP contribution >= 0.6 is 0 Å². The van der Waals surface area contributed by atoms with Gasteiger partial charge in [0.05, 0.1) is 24.5 Å². The van der Waals surface area contributed by atoms with Gasteiger partial charge < -0.3 is 19.7 Å². The Kier molecular flexibility index (Phi) is 8.74. The molecule has 0 bridgehead atoms. The molecule has 0 aliphatic carbocycles. The van der Waals surface area contributed by atoms with Gasteiger partial charge in [0.1, 0.15) is 11.1 Å². The van der Waals surface area contributed by atoms with E-state index in [2.05, 4.69) is 41.7 Å². The maximum atomic E-state index is 13.2. The van der Waals surface area contributed by atoms with Gasteiger partial charge >= 0.3 is 5.97 Å². The number of aromatic nitrogens is 2. The Bertz CT molecular complexity index is 1910. The molecule has 6 rings (SSSR count). The maximum Gasteiger partial charge on any atom is 0.309 e. The Morgan fingerprint density at radius 1 is 0.766 bits per heavy atom. The van der Waals surface area contributed by atoms with E-state index in [4.69, 9.17) is 9.72 Å². The summed E-state index contributed by atoms with van der Waals surface area (Å²) in [5, 5.41) is 16.9. The van der Waals surface area contributed by atoms with Gasteiger partial charge in [0.2, 0.25) is 0 Å². The molecule has 1 atom stereocenters. The van der Waals surface area contributed by atoms with Crippen molar-refractivity contribution in [2.75, 3.05) is 7.05 Å².